The van der Waals surface area contributed by atoms with Crippen molar-refractivity contribution in [1.29, 1.82) is 0 Å². The maximum absolute atomic E-state index is 13.6. The number of carbonyl (C=O) groups excluding carboxylic acids is 2. The van der Waals surface area contributed by atoms with Gasteiger partial charge in [0.2, 0.25) is 21.8 Å². The Hall–Kier alpha value is -2.79. The Kier molecular flexibility index (Phi) is 9.24. The molecule has 0 radical (unpaired) electrons. The van der Waals surface area contributed by atoms with E-state index in [4.69, 9.17) is 9.47 Å². The molecule has 0 aliphatic carbocycles. The highest BCUT2D eigenvalue weighted by atomic mass is 79.9. The Morgan fingerprint density at radius 1 is 1.03 bits per heavy atom. The maximum atomic E-state index is 13.6. The standard InChI is InChI=1S/C25H32BrN3O6S/c1-17(2)14-27-25(31)18(3)28(15-19-5-7-20(26)8-6-19)24(30)16-29(36(4,32)33)21-9-10-22-23(13-21)35-12-11-34-22/h5-10,13,17-18H,11-12,14-16H2,1-4H3,(H,27,31). The molecule has 196 valence electrons. The first-order chi connectivity index (χ1) is 17.0. The predicted molar refractivity (Wildman–Crippen MR) is 142 cm³/mol. The van der Waals surface area contributed by atoms with Crippen molar-refractivity contribution in [2.75, 3.05) is 36.9 Å². The zero-order chi connectivity index (χ0) is 26.5. The Morgan fingerprint density at radius 3 is 2.28 bits per heavy atom. The van der Waals surface area contributed by atoms with E-state index >= 15 is 0 Å². The van der Waals surface area contributed by atoms with E-state index in [1.807, 2.05) is 38.1 Å². The molecular formula is C25H32BrN3O6S. The number of fused-ring (bicyclic) bond motifs is 1. The van der Waals surface area contributed by atoms with Crippen LogP contribution < -0.4 is 19.1 Å². The summed E-state index contributed by atoms with van der Waals surface area (Å²) < 4.78 is 38.5. The van der Waals surface area contributed by atoms with Crippen molar-refractivity contribution in [3.8, 4) is 11.5 Å². The van der Waals surface area contributed by atoms with Crippen LogP contribution >= 0.6 is 15.9 Å². The lowest BCUT2D eigenvalue weighted by atomic mass is 10.1. The molecule has 36 heavy (non-hydrogen) atoms. The van der Waals surface area contributed by atoms with E-state index in [-0.39, 0.29) is 24.1 Å². The number of nitrogens with one attached hydrogen (secondary N) is 1. The summed E-state index contributed by atoms with van der Waals surface area (Å²) in [5.74, 6) is 0.350. The Bertz CT molecular complexity index is 1190. The van der Waals surface area contributed by atoms with Gasteiger partial charge in [0.1, 0.15) is 25.8 Å². The molecule has 0 bridgehead atoms. The first kappa shape index (κ1) is 27.8. The van der Waals surface area contributed by atoms with Crippen molar-refractivity contribution < 1.29 is 27.5 Å². The van der Waals surface area contributed by atoms with Crippen LogP contribution in [0, 0.1) is 5.92 Å². The fourth-order valence-corrected chi connectivity index (χ4v) is 4.73. The molecular weight excluding hydrogens is 550 g/mol. The molecule has 2 aromatic carbocycles. The fourth-order valence-electron chi connectivity index (χ4n) is 3.62. The van der Waals surface area contributed by atoms with Crippen LogP contribution in [0.15, 0.2) is 46.9 Å². The number of nitrogens with zero attached hydrogens (tertiary/aromatic N) is 2. The topological polar surface area (TPSA) is 105 Å². The van der Waals surface area contributed by atoms with Crippen LogP contribution in [-0.2, 0) is 26.2 Å². The van der Waals surface area contributed by atoms with Gasteiger partial charge in [-0.05, 0) is 42.7 Å². The second-order valence-corrected chi connectivity index (χ2v) is 11.9. The third-order valence-electron chi connectivity index (χ3n) is 5.61. The summed E-state index contributed by atoms with van der Waals surface area (Å²) in [6.07, 6.45) is 1.04. The second kappa shape index (κ2) is 12.0. The Labute approximate surface area is 220 Å². The van der Waals surface area contributed by atoms with E-state index in [2.05, 4.69) is 21.2 Å². The van der Waals surface area contributed by atoms with Crippen LogP contribution in [0.2, 0.25) is 0 Å². The van der Waals surface area contributed by atoms with Crippen molar-refractivity contribution in [1.82, 2.24) is 10.2 Å². The number of ether oxygens (including phenoxy) is 2. The summed E-state index contributed by atoms with van der Waals surface area (Å²) in [6.45, 7) is 6.48. The Morgan fingerprint density at radius 2 is 1.67 bits per heavy atom. The predicted octanol–water partition coefficient (Wildman–Crippen LogP) is 3.18. The highest BCUT2D eigenvalue weighted by Crippen LogP contribution is 2.34. The average Bonchev–Trinajstić information content (AvgIpc) is 2.83. The highest BCUT2D eigenvalue weighted by Gasteiger charge is 2.30. The monoisotopic (exact) mass is 581 g/mol. The van der Waals surface area contributed by atoms with Crippen molar-refractivity contribution in [3.63, 3.8) is 0 Å². The van der Waals surface area contributed by atoms with Gasteiger partial charge in [-0.25, -0.2) is 8.42 Å². The minimum atomic E-state index is -3.84. The van der Waals surface area contributed by atoms with Crippen LogP contribution in [0.25, 0.3) is 0 Å². The van der Waals surface area contributed by atoms with Gasteiger partial charge in [-0.3, -0.25) is 13.9 Å². The number of hydrogen-bond donors (Lipinski definition) is 1. The lowest BCUT2D eigenvalue weighted by Crippen LogP contribution is -2.51. The summed E-state index contributed by atoms with van der Waals surface area (Å²) in [7, 11) is -3.84. The minimum Gasteiger partial charge on any atom is -0.486 e. The molecule has 1 aliphatic heterocycles. The van der Waals surface area contributed by atoms with Gasteiger partial charge < -0.3 is 19.7 Å². The van der Waals surface area contributed by atoms with E-state index in [0.717, 1.165) is 20.6 Å². The molecule has 9 nitrogen and oxygen atoms in total. The molecule has 0 spiro atoms. The molecule has 11 heteroatoms. The van der Waals surface area contributed by atoms with Crippen LogP contribution in [0.5, 0.6) is 11.5 Å². The molecule has 1 N–H and O–H groups in total. The molecule has 1 unspecified atom stereocenters. The molecule has 1 aliphatic rings. The van der Waals surface area contributed by atoms with Gasteiger partial charge in [0, 0.05) is 23.6 Å². The number of benzene rings is 2. The third kappa shape index (κ3) is 7.36. The zero-order valence-corrected chi connectivity index (χ0v) is 23.3. The summed E-state index contributed by atoms with van der Waals surface area (Å²) in [4.78, 5) is 27.9. The van der Waals surface area contributed by atoms with Gasteiger partial charge in [-0.2, -0.15) is 0 Å². The summed E-state index contributed by atoms with van der Waals surface area (Å²) in [6, 6.07) is 11.3. The smallest absolute Gasteiger partial charge is 0.244 e. The molecule has 2 aromatic rings. The fraction of sp³-hybridized carbons (Fsp3) is 0.440. The number of carbonyl (C=O) groups is 2. The quantitative estimate of drug-likeness (QED) is 0.462. The molecule has 1 heterocycles. The van der Waals surface area contributed by atoms with Gasteiger partial charge >= 0.3 is 0 Å². The van der Waals surface area contributed by atoms with Gasteiger partial charge in [-0.15, -0.1) is 0 Å². The number of rotatable bonds is 10. The van der Waals surface area contributed by atoms with Crippen molar-refractivity contribution in [2.45, 2.75) is 33.4 Å². The van der Waals surface area contributed by atoms with E-state index < -0.39 is 28.5 Å². The van der Waals surface area contributed by atoms with Gasteiger partial charge in [0.05, 0.1) is 11.9 Å². The van der Waals surface area contributed by atoms with Gasteiger partial charge in [0.15, 0.2) is 11.5 Å². The largest absolute Gasteiger partial charge is 0.486 e. The second-order valence-electron chi connectivity index (χ2n) is 9.06. The summed E-state index contributed by atoms with van der Waals surface area (Å²) >= 11 is 3.40. The van der Waals surface area contributed by atoms with E-state index in [1.54, 1.807) is 25.1 Å². The van der Waals surface area contributed by atoms with Gasteiger partial charge in [0.25, 0.3) is 0 Å². The van der Waals surface area contributed by atoms with Crippen LogP contribution in [0.4, 0.5) is 5.69 Å². The number of sulfonamides is 1. The third-order valence-corrected chi connectivity index (χ3v) is 7.28. The summed E-state index contributed by atoms with van der Waals surface area (Å²) in [5.41, 5.74) is 1.08. The zero-order valence-electron chi connectivity index (χ0n) is 20.9. The van der Waals surface area contributed by atoms with Crippen LogP contribution in [0.1, 0.15) is 26.3 Å². The SMILES string of the molecule is CC(C)CNC(=O)C(C)N(Cc1ccc(Br)cc1)C(=O)CN(c1ccc2c(c1)OCCO2)S(C)(=O)=O. The normalized spacial score (nSPS) is 13.7. The first-order valence-electron chi connectivity index (χ1n) is 11.6. The number of halogens is 1. The van der Waals surface area contributed by atoms with E-state index in [1.165, 1.54) is 4.90 Å². The lowest BCUT2D eigenvalue weighted by molar-refractivity contribution is -0.139. The molecule has 0 fully saturated rings. The van der Waals surface area contributed by atoms with E-state index in [9.17, 15) is 18.0 Å². The first-order valence-corrected chi connectivity index (χ1v) is 14.3. The summed E-state index contributed by atoms with van der Waals surface area (Å²) in [5, 5.41) is 2.86. The minimum absolute atomic E-state index is 0.140. The number of amides is 2. The molecule has 0 saturated carbocycles. The van der Waals surface area contributed by atoms with Crippen molar-refractivity contribution in [2.24, 2.45) is 5.92 Å². The number of anilines is 1. The molecule has 0 saturated heterocycles. The number of hydrogen-bond acceptors (Lipinski definition) is 6. The lowest BCUT2D eigenvalue weighted by Gasteiger charge is -2.32. The molecule has 3 rings (SSSR count). The van der Waals surface area contributed by atoms with Crippen LogP contribution in [-0.4, -0.2) is 63.7 Å². The van der Waals surface area contributed by atoms with Gasteiger partial charge in [-0.1, -0.05) is 41.9 Å². The molecule has 0 aromatic heterocycles. The molecule has 1 atom stereocenters. The van der Waals surface area contributed by atoms with E-state index in [0.29, 0.717) is 31.3 Å². The van der Waals surface area contributed by atoms with Crippen molar-refractivity contribution >= 4 is 43.5 Å². The van der Waals surface area contributed by atoms with Crippen LogP contribution in [0.3, 0.4) is 0 Å². The highest BCUT2D eigenvalue weighted by molar-refractivity contribution is 9.10. The van der Waals surface area contributed by atoms with Crippen molar-refractivity contribution in [3.05, 3.63) is 52.5 Å². The maximum Gasteiger partial charge on any atom is 0.244 e. The Balaban J connectivity index is 1.89. The average molecular weight is 583 g/mol. The molecule has 2 amide bonds.